The van der Waals surface area contributed by atoms with E-state index in [0.717, 1.165) is 18.4 Å². The van der Waals surface area contributed by atoms with Crippen molar-refractivity contribution < 1.29 is 8.42 Å². The second-order valence-electron chi connectivity index (χ2n) is 3.23. The molecule has 0 aliphatic carbocycles. The van der Waals surface area contributed by atoms with E-state index in [1.807, 2.05) is 18.2 Å². The zero-order valence-corrected chi connectivity index (χ0v) is 10.9. The zero-order chi connectivity index (χ0) is 11.3. The summed E-state index contributed by atoms with van der Waals surface area (Å²) in [6.45, 7) is 2.07. The molecule has 5 heteroatoms. The quantitative estimate of drug-likeness (QED) is 0.848. The van der Waals surface area contributed by atoms with E-state index >= 15 is 0 Å². The minimum absolute atomic E-state index is 0.0829. The average molecular weight is 292 g/mol. The van der Waals surface area contributed by atoms with Crippen LogP contribution in [0.15, 0.2) is 24.3 Å². The van der Waals surface area contributed by atoms with Gasteiger partial charge in [0.2, 0.25) is 10.0 Å². The van der Waals surface area contributed by atoms with Crippen LogP contribution in [-0.2, 0) is 16.4 Å². The van der Waals surface area contributed by atoms with Crippen LogP contribution < -0.4 is 4.72 Å². The Morgan fingerprint density at radius 2 is 2.00 bits per heavy atom. The van der Waals surface area contributed by atoms with Crippen molar-refractivity contribution in [3.63, 3.8) is 0 Å². The first-order valence-electron chi connectivity index (χ1n) is 4.73. The van der Waals surface area contributed by atoms with Crippen molar-refractivity contribution in [1.29, 1.82) is 0 Å². The maximum Gasteiger partial charge on any atom is 0.242 e. The predicted octanol–water partition coefficient (Wildman–Crippen LogP) is 2.73. The summed E-state index contributed by atoms with van der Waals surface area (Å²) in [4.78, 5) is 0. The van der Waals surface area contributed by atoms with Crippen molar-refractivity contribution in [2.45, 2.75) is 19.8 Å². The van der Waals surface area contributed by atoms with Gasteiger partial charge in [-0.05, 0) is 18.1 Å². The summed E-state index contributed by atoms with van der Waals surface area (Å²) < 4.78 is 25.2. The van der Waals surface area contributed by atoms with E-state index in [1.165, 1.54) is 0 Å². The molecule has 0 saturated heterocycles. The SMILES string of the molecule is CCCc1ccccc1NS(=O)(=O)CBr. The Morgan fingerprint density at radius 3 is 2.60 bits per heavy atom. The lowest BCUT2D eigenvalue weighted by Crippen LogP contribution is -2.14. The molecule has 1 N–H and O–H groups in total. The lowest BCUT2D eigenvalue weighted by molar-refractivity contribution is 0.606. The molecule has 0 spiro atoms. The Hall–Kier alpha value is -0.550. The zero-order valence-electron chi connectivity index (χ0n) is 8.53. The minimum Gasteiger partial charge on any atom is -0.283 e. The van der Waals surface area contributed by atoms with E-state index in [0.29, 0.717) is 5.69 Å². The molecule has 0 heterocycles. The van der Waals surface area contributed by atoms with Gasteiger partial charge in [-0.2, -0.15) is 0 Å². The van der Waals surface area contributed by atoms with Crippen LogP contribution >= 0.6 is 15.9 Å². The van der Waals surface area contributed by atoms with E-state index in [9.17, 15) is 8.42 Å². The number of aryl methyl sites for hydroxylation is 1. The van der Waals surface area contributed by atoms with Gasteiger partial charge in [-0.1, -0.05) is 47.5 Å². The Kier molecular flexibility index (Phi) is 4.60. The Labute approximate surface area is 99.1 Å². The fraction of sp³-hybridized carbons (Fsp3) is 0.400. The van der Waals surface area contributed by atoms with Crippen molar-refractivity contribution in [1.82, 2.24) is 0 Å². The van der Waals surface area contributed by atoms with Crippen LogP contribution in [-0.4, -0.2) is 13.1 Å². The number of benzene rings is 1. The molecule has 0 aromatic heterocycles. The monoisotopic (exact) mass is 291 g/mol. The predicted molar refractivity (Wildman–Crippen MR) is 66.8 cm³/mol. The lowest BCUT2D eigenvalue weighted by atomic mass is 10.1. The highest BCUT2D eigenvalue weighted by Crippen LogP contribution is 2.18. The average Bonchev–Trinajstić information content (AvgIpc) is 2.21. The highest BCUT2D eigenvalue weighted by atomic mass is 79.9. The number of sulfonamides is 1. The molecule has 1 rings (SSSR count). The number of anilines is 1. The second kappa shape index (κ2) is 5.51. The van der Waals surface area contributed by atoms with Crippen LogP contribution in [0.2, 0.25) is 0 Å². The van der Waals surface area contributed by atoms with Gasteiger partial charge in [0.25, 0.3) is 0 Å². The summed E-state index contributed by atoms with van der Waals surface area (Å²) in [6.07, 6.45) is 1.87. The largest absolute Gasteiger partial charge is 0.283 e. The second-order valence-corrected chi connectivity index (χ2v) is 6.26. The van der Waals surface area contributed by atoms with Crippen LogP contribution in [0.4, 0.5) is 5.69 Å². The van der Waals surface area contributed by atoms with Crippen molar-refractivity contribution in [2.75, 3.05) is 9.38 Å². The fourth-order valence-electron chi connectivity index (χ4n) is 1.30. The molecular weight excluding hydrogens is 278 g/mol. The van der Waals surface area contributed by atoms with Crippen molar-refractivity contribution in [2.24, 2.45) is 0 Å². The molecule has 15 heavy (non-hydrogen) atoms. The molecule has 0 aliphatic rings. The van der Waals surface area contributed by atoms with Crippen molar-refractivity contribution in [3.05, 3.63) is 29.8 Å². The van der Waals surface area contributed by atoms with Gasteiger partial charge in [-0.15, -0.1) is 0 Å². The molecule has 0 radical (unpaired) electrons. The number of nitrogens with one attached hydrogen (secondary N) is 1. The summed E-state index contributed by atoms with van der Waals surface area (Å²) in [5.41, 5.74) is 1.71. The highest BCUT2D eigenvalue weighted by molar-refractivity contribution is 9.10. The highest BCUT2D eigenvalue weighted by Gasteiger charge is 2.09. The maximum atomic E-state index is 11.4. The molecule has 0 aliphatic heterocycles. The summed E-state index contributed by atoms with van der Waals surface area (Å²) in [6, 6.07) is 7.46. The first kappa shape index (κ1) is 12.5. The summed E-state index contributed by atoms with van der Waals surface area (Å²) in [5, 5.41) is 0. The molecule has 0 fully saturated rings. The molecular formula is C10H14BrNO2S. The van der Waals surface area contributed by atoms with Crippen LogP contribution in [0.1, 0.15) is 18.9 Å². The van der Waals surface area contributed by atoms with Gasteiger partial charge < -0.3 is 0 Å². The first-order chi connectivity index (χ1) is 7.09. The van der Waals surface area contributed by atoms with E-state index in [4.69, 9.17) is 0 Å². The minimum atomic E-state index is -3.25. The molecule has 0 bridgehead atoms. The molecule has 84 valence electrons. The molecule has 0 unspecified atom stereocenters. The van der Waals surface area contributed by atoms with Gasteiger partial charge in [0.05, 0.1) is 5.69 Å². The third kappa shape index (κ3) is 3.83. The van der Waals surface area contributed by atoms with Gasteiger partial charge in [0.15, 0.2) is 0 Å². The van der Waals surface area contributed by atoms with E-state index < -0.39 is 10.0 Å². The smallest absolute Gasteiger partial charge is 0.242 e. The van der Waals surface area contributed by atoms with Crippen LogP contribution in [0.3, 0.4) is 0 Å². The third-order valence-corrected chi connectivity index (χ3v) is 4.57. The van der Waals surface area contributed by atoms with E-state index in [2.05, 4.69) is 27.6 Å². The van der Waals surface area contributed by atoms with Gasteiger partial charge in [-0.3, -0.25) is 4.72 Å². The van der Waals surface area contributed by atoms with Gasteiger partial charge >= 0.3 is 0 Å². The number of hydrogen-bond donors (Lipinski definition) is 1. The van der Waals surface area contributed by atoms with Gasteiger partial charge in [-0.25, -0.2) is 8.42 Å². The summed E-state index contributed by atoms with van der Waals surface area (Å²) in [5.74, 6) is 0. The lowest BCUT2D eigenvalue weighted by Gasteiger charge is -2.10. The van der Waals surface area contributed by atoms with E-state index in [1.54, 1.807) is 6.07 Å². The number of rotatable bonds is 5. The third-order valence-electron chi connectivity index (χ3n) is 1.95. The molecule has 1 aromatic rings. The molecule has 0 amide bonds. The van der Waals surface area contributed by atoms with Crippen LogP contribution in [0.5, 0.6) is 0 Å². The van der Waals surface area contributed by atoms with E-state index in [-0.39, 0.29) is 4.66 Å². The Morgan fingerprint density at radius 1 is 1.33 bits per heavy atom. The fourth-order valence-corrected chi connectivity index (χ4v) is 2.23. The summed E-state index contributed by atoms with van der Waals surface area (Å²) >= 11 is 2.94. The van der Waals surface area contributed by atoms with Gasteiger partial charge in [0, 0.05) is 0 Å². The summed E-state index contributed by atoms with van der Waals surface area (Å²) in [7, 11) is -3.25. The first-order valence-corrected chi connectivity index (χ1v) is 7.51. The number of para-hydroxylation sites is 1. The molecule has 3 nitrogen and oxygen atoms in total. The van der Waals surface area contributed by atoms with Crippen molar-refractivity contribution in [3.8, 4) is 0 Å². The van der Waals surface area contributed by atoms with Gasteiger partial charge in [0.1, 0.15) is 4.66 Å². The standard InChI is InChI=1S/C10H14BrNO2S/c1-2-5-9-6-3-4-7-10(9)12-15(13,14)8-11/h3-4,6-7,12H,2,5,8H2,1H3. The Balaban J connectivity index is 2.94. The number of alkyl halides is 1. The molecule has 0 saturated carbocycles. The number of hydrogen-bond acceptors (Lipinski definition) is 2. The van der Waals surface area contributed by atoms with Crippen LogP contribution in [0.25, 0.3) is 0 Å². The maximum absolute atomic E-state index is 11.4. The van der Waals surface area contributed by atoms with Crippen molar-refractivity contribution >= 4 is 31.6 Å². The van der Waals surface area contributed by atoms with Crippen LogP contribution in [0, 0.1) is 0 Å². The Bertz CT molecular complexity index is 417. The normalized spacial score (nSPS) is 11.3. The number of halogens is 1. The topological polar surface area (TPSA) is 46.2 Å². The molecule has 1 aromatic carbocycles. The molecule has 0 atom stereocenters.